The van der Waals surface area contributed by atoms with Crippen LogP contribution >= 0.6 is 15.9 Å². The fourth-order valence-corrected chi connectivity index (χ4v) is 2.51. The molecule has 0 saturated carbocycles. The van der Waals surface area contributed by atoms with E-state index in [1.165, 1.54) is 4.48 Å². The molecule has 2 heteroatoms. The van der Waals surface area contributed by atoms with E-state index in [-0.39, 0.29) is 5.41 Å². The zero-order chi connectivity index (χ0) is 10.8. The van der Waals surface area contributed by atoms with Crippen LogP contribution in [0.5, 0.6) is 0 Å². The molecule has 1 aliphatic rings. The molecule has 1 rings (SSSR count). The maximum absolute atomic E-state index is 5.83. The van der Waals surface area contributed by atoms with Gasteiger partial charge in [-0.05, 0) is 30.2 Å². The quantitative estimate of drug-likeness (QED) is 0.765. The van der Waals surface area contributed by atoms with E-state index >= 15 is 0 Å². The van der Waals surface area contributed by atoms with Crippen molar-refractivity contribution in [2.45, 2.75) is 27.2 Å². The van der Waals surface area contributed by atoms with Crippen molar-refractivity contribution in [3.8, 4) is 0 Å². The highest BCUT2D eigenvalue weighted by Crippen LogP contribution is 2.39. The first kappa shape index (κ1) is 12.0. The van der Waals surface area contributed by atoms with Crippen molar-refractivity contribution in [3.63, 3.8) is 0 Å². The van der Waals surface area contributed by atoms with Crippen LogP contribution in [0.1, 0.15) is 27.2 Å². The van der Waals surface area contributed by atoms with E-state index in [1.807, 2.05) is 0 Å². The Morgan fingerprint density at radius 3 is 2.79 bits per heavy atom. The second-order valence-corrected chi connectivity index (χ2v) is 5.65. The summed E-state index contributed by atoms with van der Waals surface area (Å²) >= 11 is 3.55. The molecule has 0 aliphatic heterocycles. The van der Waals surface area contributed by atoms with E-state index in [2.05, 4.69) is 54.9 Å². The number of rotatable bonds is 1. The van der Waals surface area contributed by atoms with Gasteiger partial charge >= 0.3 is 0 Å². The minimum Gasteiger partial charge on any atom is -0.330 e. The van der Waals surface area contributed by atoms with Gasteiger partial charge in [0.2, 0.25) is 0 Å². The van der Waals surface area contributed by atoms with Gasteiger partial charge in [0.25, 0.3) is 0 Å². The van der Waals surface area contributed by atoms with Crippen LogP contribution in [0.3, 0.4) is 0 Å². The van der Waals surface area contributed by atoms with E-state index in [0.717, 1.165) is 13.0 Å². The minimum atomic E-state index is 0.276. The van der Waals surface area contributed by atoms with Crippen LogP contribution in [0, 0.1) is 17.3 Å². The highest BCUT2D eigenvalue weighted by atomic mass is 79.9. The summed E-state index contributed by atoms with van der Waals surface area (Å²) in [6, 6.07) is 0. The van der Waals surface area contributed by atoms with Crippen LogP contribution in [-0.4, -0.2) is 6.54 Å². The molecule has 0 spiro atoms. The molecule has 0 aromatic carbocycles. The number of halogens is 1. The summed E-state index contributed by atoms with van der Waals surface area (Å²) in [6.07, 6.45) is 7.70. The third-order valence-corrected chi connectivity index (χ3v) is 4.15. The van der Waals surface area contributed by atoms with Gasteiger partial charge in [0, 0.05) is 4.48 Å². The molecule has 0 bridgehead atoms. The predicted octanol–water partition coefficient (Wildman–Crippen LogP) is 3.46. The van der Waals surface area contributed by atoms with Gasteiger partial charge in [0.15, 0.2) is 0 Å². The lowest BCUT2D eigenvalue weighted by Crippen LogP contribution is -2.35. The average Bonchev–Trinajstić information content (AvgIpc) is 2.10. The van der Waals surface area contributed by atoms with Crippen molar-refractivity contribution in [1.29, 1.82) is 0 Å². The summed E-state index contributed by atoms with van der Waals surface area (Å²) in [6.45, 7) is 7.66. The fourth-order valence-electron chi connectivity index (χ4n) is 1.93. The third-order valence-electron chi connectivity index (χ3n) is 3.62. The standard InChI is InChI=1S/C12H20BrN/c1-9-7-11(13)6-4-5-10(8-14)12(9,2)3/h4,6-7,9-10H,5,8,14H2,1-3H3/b6-4-,11-7+/t9?,10-/m0/s1. The van der Waals surface area contributed by atoms with Crippen LogP contribution in [-0.2, 0) is 0 Å². The van der Waals surface area contributed by atoms with Crippen molar-refractivity contribution >= 4 is 15.9 Å². The van der Waals surface area contributed by atoms with Gasteiger partial charge in [0.05, 0.1) is 0 Å². The molecule has 0 heterocycles. The molecule has 0 amide bonds. The summed E-state index contributed by atoms with van der Waals surface area (Å²) in [5.74, 6) is 1.13. The van der Waals surface area contributed by atoms with E-state index in [4.69, 9.17) is 5.73 Å². The lowest BCUT2D eigenvalue weighted by molar-refractivity contribution is 0.161. The third kappa shape index (κ3) is 2.48. The molecule has 0 aromatic heterocycles. The van der Waals surface area contributed by atoms with Crippen LogP contribution < -0.4 is 5.73 Å². The Morgan fingerprint density at radius 2 is 2.21 bits per heavy atom. The van der Waals surface area contributed by atoms with Gasteiger partial charge in [-0.1, -0.05) is 54.9 Å². The molecular weight excluding hydrogens is 238 g/mol. The Bertz CT molecular complexity index is 253. The van der Waals surface area contributed by atoms with Crippen LogP contribution in [0.25, 0.3) is 0 Å². The highest BCUT2D eigenvalue weighted by Gasteiger charge is 2.32. The molecule has 0 aromatic rings. The normalized spacial score (nSPS) is 37.9. The maximum atomic E-state index is 5.83. The van der Waals surface area contributed by atoms with Gasteiger partial charge in [-0.25, -0.2) is 0 Å². The second-order valence-electron chi connectivity index (χ2n) is 4.73. The van der Waals surface area contributed by atoms with E-state index in [9.17, 15) is 0 Å². The SMILES string of the molecule is CC1/C=C(Br)\C=C/C[C@@H](CN)C1(C)C. The maximum Gasteiger partial charge on any atom is 0.0135 e. The molecule has 1 aliphatic carbocycles. The van der Waals surface area contributed by atoms with Gasteiger partial charge in [-0.2, -0.15) is 0 Å². The predicted molar refractivity (Wildman–Crippen MR) is 66.3 cm³/mol. The van der Waals surface area contributed by atoms with Crippen molar-refractivity contribution in [2.75, 3.05) is 6.54 Å². The minimum absolute atomic E-state index is 0.276. The summed E-state index contributed by atoms with van der Waals surface area (Å²) in [7, 11) is 0. The van der Waals surface area contributed by atoms with Crippen molar-refractivity contribution in [3.05, 3.63) is 22.7 Å². The molecule has 14 heavy (non-hydrogen) atoms. The average molecular weight is 258 g/mol. The Labute approximate surface area is 95.6 Å². The topological polar surface area (TPSA) is 26.0 Å². The number of hydrogen-bond donors (Lipinski definition) is 1. The van der Waals surface area contributed by atoms with E-state index < -0.39 is 0 Å². The van der Waals surface area contributed by atoms with E-state index in [1.54, 1.807) is 0 Å². The smallest absolute Gasteiger partial charge is 0.0135 e. The van der Waals surface area contributed by atoms with Crippen LogP contribution in [0.4, 0.5) is 0 Å². The van der Waals surface area contributed by atoms with E-state index in [0.29, 0.717) is 11.8 Å². The van der Waals surface area contributed by atoms with Crippen molar-refractivity contribution < 1.29 is 0 Å². The summed E-state index contributed by atoms with van der Waals surface area (Å²) < 4.78 is 1.19. The molecular formula is C12H20BrN. The molecule has 0 saturated heterocycles. The first-order chi connectivity index (χ1) is 6.48. The lowest BCUT2D eigenvalue weighted by atomic mass is 9.68. The number of allylic oxidation sites excluding steroid dienone is 4. The Balaban J connectivity index is 2.95. The Hall–Kier alpha value is -0.0800. The molecule has 80 valence electrons. The summed E-state index contributed by atoms with van der Waals surface area (Å²) in [4.78, 5) is 0. The number of nitrogens with two attached hydrogens (primary N) is 1. The summed E-state index contributed by atoms with van der Waals surface area (Å²) in [5.41, 5.74) is 6.11. The monoisotopic (exact) mass is 257 g/mol. The van der Waals surface area contributed by atoms with Crippen LogP contribution in [0.15, 0.2) is 22.7 Å². The largest absolute Gasteiger partial charge is 0.330 e. The lowest BCUT2D eigenvalue weighted by Gasteiger charge is -2.38. The molecule has 2 N–H and O–H groups in total. The molecule has 1 nitrogen and oxygen atoms in total. The summed E-state index contributed by atoms with van der Waals surface area (Å²) in [5, 5.41) is 0. The zero-order valence-corrected chi connectivity index (χ0v) is 10.8. The molecule has 0 radical (unpaired) electrons. The van der Waals surface area contributed by atoms with Gasteiger partial charge in [-0.3, -0.25) is 0 Å². The number of hydrogen-bond acceptors (Lipinski definition) is 1. The first-order valence-electron chi connectivity index (χ1n) is 5.22. The van der Waals surface area contributed by atoms with Gasteiger partial charge in [-0.15, -0.1) is 0 Å². The Morgan fingerprint density at radius 1 is 1.57 bits per heavy atom. The van der Waals surface area contributed by atoms with Crippen molar-refractivity contribution in [2.24, 2.45) is 23.0 Å². The highest BCUT2D eigenvalue weighted by molar-refractivity contribution is 9.11. The fraction of sp³-hybridized carbons (Fsp3) is 0.667. The molecule has 0 fully saturated rings. The first-order valence-corrected chi connectivity index (χ1v) is 6.01. The van der Waals surface area contributed by atoms with Gasteiger partial charge in [0.1, 0.15) is 0 Å². The van der Waals surface area contributed by atoms with Gasteiger partial charge < -0.3 is 5.73 Å². The second kappa shape index (κ2) is 4.63. The molecule has 2 atom stereocenters. The van der Waals surface area contributed by atoms with Crippen molar-refractivity contribution in [1.82, 2.24) is 0 Å². The van der Waals surface area contributed by atoms with Crippen LogP contribution in [0.2, 0.25) is 0 Å². The zero-order valence-electron chi connectivity index (χ0n) is 9.26. The molecule has 1 unspecified atom stereocenters. The Kier molecular flexibility index (Phi) is 3.96.